The summed E-state index contributed by atoms with van der Waals surface area (Å²) in [5.74, 6) is 0. The molecule has 0 saturated carbocycles. The Bertz CT molecular complexity index is 159. The van der Waals surface area contributed by atoms with Gasteiger partial charge in [0.1, 0.15) is 0 Å². The van der Waals surface area contributed by atoms with Gasteiger partial charge in [-0.05, 0) is 19.3 Å². The Labute approximate surface area is 103 Å². The van der Waals surface area contributed by atoms with E-state index in [9.17, 15) is 0 Å². The van der Waals surface area contributed by atoms with Gasteiger partial charge >= 0.3 is 0 Å². The van der Waals surface area contributed by atoms with Crippen molar-refractivity contribution in [1.29, 1.82) is 0 Å². The second-order valence-corrected chi connectivity index (χ2v) is 3.98. The summed E-state index contributed by atoms with van der Waals surface area (Å²) in [6.07, 6.45) is 3.74. The van der Waals surface area contributed by atoms with Gasteiger partial charge in [-0.2, -0.15) is 0 Å². The molecule has 1 heterocycles. The molecule has 0 radical (unpaired) electrons. The molecule has 5 nitrogen and oxygen atoms in total. The summed E-state index contributed by atoms with van der Waals surface area (Å²) < 4.78 is 21.3. The molecule has 0 aromatic carbocycles. The van der Waals surface area contributed by atoms with Gasteiger partial charge in [-0.15, -0.1) is 0 Å². The van der Waals surface area contributed by atoms with E-state index >= 15 is 0 Å². The van der Waals surface area contributed by atoms with Crippen molar-refractivity contribution < 1.29 is 24.1 Å². The van der Waals surface area contributed by atoms with Gasteiger partial charge in [-0.1, -0.05) is 0 Å². The highest BCUT2D eigenvalue weighted by molar-refractivity contribution is 4.63. The topological polar surface area (TPSA) is 57.2 Å². The monoisotopic (exact) mass is 248 g/mol. The number of aliphatic hydroxyl groups is 1. The van der Waals surface area contributed by atoms with Gasteiger partial charge in [-0.3, -0.25) is 0 Å². The third-order valence-electron chi connectivity index (χ3n) is 2.59. The van der Waals surface area contributed by atoms with Crippen LogP contribution in [0.15, 0.2) is 0 Å². The summed E-state index contributed by atoms with van der Waals surface area (Å²) in [5, 5.41) is 8.46. The van der Waals surface area contributed by atoms with E-state index < -0.39 is 0 Å². The quantitative estimate of drug-likeness (QED) is 0.543. The zero-order chi connectivity index (χ0) is 12.2. The average Bonchev–Trinajstić information content (AvgIpc) is 2.85. The van der Waals surface area contributed by atoms with Crippen LogP contribution in [0.3, 0.4) is 0 Å². The maximum Gasteiger partial charge on any atom is 0.0701 e. The van der Waals surface area contributed by atoms with Crippen LogP contribution >= 0.6 is 0 Å². The van der Waals surface area contributed by atoms with Crippen LogP contribution < -0.4 is 0 Å². The Morgan fingerprint density at radius 1 is 0.941 bits per heavy atom. The van der Waals surface area contributed by atoms with Gasteiger partial charge < -0.3 is 24.1 Å². The lowest BCUT2D eigenvalue weighted by atomic mass is 10.2. The van der Waals surface area contributed by atoms with E-state index in [1.807, 2.05) is 0 Å². The van der Waals surface area contributed by atoms with E-state index in [0.717, 1.165) is 19.6 Å². The first-order valence-electron chi connectivity index (χ1n) is 6.39. The molecule has 102 valence electrons. The van der Waals surface area contributed by atoms with Crippen molar-refractivity contribution >= 4 is 0 Å². The van der Waals surface area contributed by atoms with Crippen LogP contribution in [0.25, 0.3) is 0 Å². The Hall–Kier alpha value is -0.200. The smallest absolute Gasteiger partial charge is 0.0701 e. The first-order valence-corrected chi connectivity index (χ1v) is 6.39. The minimum absolute atomic E-state index is 0.0619. The summed E-state index contributed by atoms with van der Waals surface area (Å²) in [6, 6.07) is 0. The van der Waals surface area contributed by atoms with E-state index in [2.05, 4.69) is 0 Å². The highest BCUT2D eigenvalue weighted by atomic mass is 16.5. The third-order valence-corrected chi connectivity index (χ3v) is 2.59. The van der Waals surface area contributed by atoms with Crippen molar-refractivity contribution in [1.82, 2.24) is 0 Å². The average molecular weight is 248 g/mol. The normalized spacial score (nSPS) is 19.9. The SMILES string of the molecule is OCCOCCOCCOCCC1CCCO1. The largest absolute Gasteiger partial charge is 0.394 e. The molecule has 1 saturated heterocycles. The van der Waals surface area contributed by atoms with Crippen LogP contribution in [-0.4, -0.2) is 64.1 Å². The maximum absolute atomic E-state index is 8.46. The van der Waals surface area contributed by atoms with Crippen LogP contribution in [0.5, 0.6) is 0 Å². The molecule has 1 unspecified atom stereocenters. The molecule has 1 rings (SSSR count). The zero-order valence-corrected chi connectivity index (χ0v) is 10.4. The van der Waals surface area contributed by atoms with Gasteiger partial charge in [-0.25, -0.2) is 0 Å². The van der Waals surface area contributed by atoms with Crippen molar-refractivity contribution in [2.45, 2.75) is 25.4 Å². The predicted octanol–water partition coefficient (Wildman–Crippen LogP) is 0.598. The number of hydrogen-bond acceptors (Lipinski definition) is 5. The number of aliphatic hydroxyl groups excluding tert-OH is 1. The number of rotatable bonds is 11. The highest BCUT2D eigenvalue weighted by Gasteiger charge is 2.14. The van der Waals surface area contributed by atoms with Crippen LogP contribution in [0.4, 0.5) is 0 Å². The Morgan fingerprint density at radius 3 is 2.18 bits per heavy atom. The van der Waals surface area contributed by atoms with Gasteiger partial charge in [0, 0.05) is 13.2 Å². The zero-order valence-electron chi connectivity index (χ0n) is 10.4. The maximum atomic E-state index is 8.46. The molecule has 5 heteroatoms. The van der Waals surface area contributed by atoms with Crippen LogP contribution in [-0.2, 0) is 18.9 Å². The molecule has 0 aromatic rings. The molecular weight excluding hydrogens is 224 g/mol. The molecule has 0 amide bonds. The third kappa shape index (κ3) is 8.51. The molecule has 0 spiro atoms. The Morgan fingerprint density at radius 2 is 1.59 bits per heavy atom. The minimum Gasteiger partial charge on any atom is -0.394 e. The first kappa shape index (κ1) is 14.9. The van der Waals surface area contributed by atoms with E-state index in [0.29, 0.717) is 39.1 Å². The second kappa shape index (κ2) is 10.9. The highest BCUT2D eigenvalue weighted by Crippen LogP contribution is 2.14. The standard InChI is InChI=1S/C12H24O5/c13-4-7-15-9-11-16-10-8-14-6-3-12-2-1-5-17-12/h12-13H,1-11H2. The lowest BCUT2D eigenvalue weighted by Crippen LogP contribution is -2.13. The van der Waals surface area contributed by atoms with E-state index in [1.165, 1.54) is 12.8 Å². The summed E-state index contributed by atoms with van der Waals surface area (Å²) in [4.78, 5) is 0. The van der Waals surface area contributed by atoms with E-state index in [4.69, 9.17) is 24.1 Å². The molecule has 1 fully saturated rings. The van der Waals surface area contributed by atoms with Gasteiger partial charge in [0.05, 0.1) is 45.7 Å². The number of ether oxygens (including phenoxy) is 4. The van der Waals surface area contributed by atoms with Crippen LogP contribution in [0.2, 0.25) is 0 Å². The molecule has 1 aliphatic heterocycles. The summed E-state index contributed by atoms with van der Waals surface area (Å²) in [6.45, 7) is 4.37. The van der Waals surface area contributed by atoms with Gasteiger partial charge in [0.25, 0.3) is 0 Å². The lowest BCUT2D eigenvalue weighted by molar-refractivity contribution is 0.000561. The molecular formula is C12H24O5. The molecule has 1 N–H and O–H groups in total. The van der Waals surface area contributed by atoms with Gasteiger partial charge in [0.2, 0.25) is 0 Å². The van der Waals surface area contributed by atoms with Crippen LogP contribution in [0, 0.1) is 0 Å². The molecule has 1 aliphatic rings. The fraction of sp³-hybridized carbons (Fsp3) is 1.00. The van der Waals surface area contributed by atoms with E-state index in [-0.39, 0.29) is 6.61 Å². The van der Waals surface area contributed by atoms with Crippen molar-refractivity contribution in [3.8, 4) is 0 Å². The van der Waals surface area contributed by atoms with Crippen molar-refractivity contribution in [2.75, 3.05) is 52.9 Å². The molecule has 1 atom stereocenters. The summed E-state index contributed by atoms with van der Waals surface area (Å²) >= 11 is 0. The fourth-order valence-corrected chi connectivity index (χ4v) is 1.69. The molecule has 17 heavy (non-hydrogen) atoms. The molecule has 0 aliphatic carbocycles. The van der Waals surface area contributed by atoms with Crippen molar-refractivity contribution in [3.05, 3.63) is 0 Å². The second-order valence-electron chi connectivity index (χ2n) is 3.98. The Kier molecular flexibility index (Phi) is 9.55. The first-order chi connectivity index (χ1) is 8.43. The lowest BCUT2D eigenvalue weighted by Gasteiger charge is -2.09. The van der Waals surface area contributed by atoms with Gasteiger partial charge in [0.15, 0.2) is 0 Å². The van der Waals surface area contributed by atoms with Crippen molar-refractivity contribution in [3.63, 3.8) is 0 Å². The molecule has 0 aromatic heterocycles. The number of hydrogen-bond donors (Lipinski definition) is 1. The van der Waals surface area contributed by atoms with E-state index in [1.54, 1.807) is 0 Å². The van der Waals surface area contributed by atoms with Crippen LogP contribution in [0.1, 0.15) is 19.3 Å². The predicted molar refractivity (Wildman–Crippen MR) is 63.1 cm³/mol. The molecule has 0 bridgehead atoms. The summed E-state index contributed by atoms with van der Waals surface area (Å²) in [7, 11) is 0. The van der Waals surface area contributed by atoms with Crippen molar-refractivity contribution in [2.24, 2.45) is 0 Å². The fourth-order valence-electron chi connectivity index (χ4n) is 1.69. The Balaban J connectivity index is 1.69. The minimum atomic E-state index is 0.0619. The summed E-state index contributed by atoms with van der Waals surface area (Å²) in [5.41, 5.74) is 0.